The quantitative estimate of drug-likeness (QED) is 0.903. The molecule has 1 heterocycles. The van der Waals surface area contributed by atoms with E-state index in [1.165, 1.54) is 0 Å². The number of nitrogens with one attached hydrogen (secondary N) is 1. The molecule has 0 unspecified atom stereocenters. The average Bonchev–Trinajstić information content (AvgIpc) is 2.39. The zero-order chi connectivity index (χ0) is 13.7. The highest BCUT2D eigenvalue weighted by Gasteiger charge is 2.16. The minimum atomic E-state index is -0.0606. The monoisotopic (exact) mass is 263 g/mol. The van der Waals surface area contributed by atoms with E-state index in [1.54, 1.807) is 0 Å². The van der Waals surface area contributed by atoms with E-state index in [4.69, 9.17) is 9.47 Å². The minimum absolute atomic E-state index is 0.0606. The van der Waals surface area contributed by atoms with Crippen molar-refractivity contribution in [2.24, 2.45) is 0 Å². The van der Waals surface area contributed by atoms with E-state index >= 15 is 0 Å². The molecule has 1 amide bonds. The standard InChI is InChI=1S/C15H21NO3/c1-11-4-3-5-12(2)15(11)19-10-14(17)16-13-6-8-18-9-7-13/h3-5,13H,6-10H2,1-2H3,(H,16,17). The van der Waals surface area contributed by atoms with Crippen molar-refractivity contribution >= 4 is 5.91 Å². The molecule has 0 aliphatic carbocycles. The number of carbonyl (C=O) groups excluding carboxylic acids is 1. The van der Waals surface area contributed by atoms with Crippen molar-refractivity contribution in [3.63, 3.8) is 0 Å². The Morgan fingerprint density at radius 3 is 2.58 bits per heavy atom. The molecule has 1 aliphatic heterocycles. The Morgan fingerprint density at radius 1 is 1.32 bits per heavy atom. The molecule has 1 aromatic rings. The van der Waals surface area contributed by atoms with Crippen molar-refractivity contribution in [1.29, 1.82) is 0 Å². The molecule has 1 fully saturated rings. The van der Waals surface area contributed by atoms with Gasteiger partial charge < -0.3 is 14.8 Å². The minimum Gasteiger partial charge on any atom is -0.483 e. The Balaban J connectivity index is 1.83. The van der Waals surface area contributed by atoms with Gasteiger partial charge in [-0.25, -0.2) is 0 Å². The van der Waals surface area contributed by atoms with Crippen molar-refractivity contribution in [3.8, 4) is 5.75 Å². The maximum Gasteiger partial charge on any atom is 0.258 e. The van der Waals surface area contributed by atoms with E-state index in [1.807, 2.05) is 32.0 Å². The van der Waals surface area contributed by atoms with Crippen LogP contribution in [-0.2, 0) is 9.53 Å². The number of para-hydroxylation sites is 1. The van der Waals surface area contributed by atoms with Gasteiger partial charge in [0.25, 0.3) is 5.91 Å². The van der Waals surface area contributed by atoms with Crippen molar-refractivity contribution in [2.75, 3.05) is 19.8 Å². The summed E-state index contributed by atoms with van der Waals surface area (Å²) < 4.78 is 10.9. The molecule has 0 atom stereocenters. The summed E-state index contributed by atoms with van der Waals surface area (Å²) in [4.78, 5) is 11.8. The van der Waals surface area contributed by atoms with Gasteiger partial charge >= 0.3 is 0 Å². The summed E-state index contributed by atoms with van der Waals surface area (Å²) in [7, 11) is 0. The van der Waals surface area contributed by atoms with E-state index in [0.29, 0.717) is 0 Å². The molecule has 1 N–H and O–H groups in total. The molecule has 2 rings (SSSR count). The first-order valence-corrected chi connectivity index (χ1v) is 6.73. The van der Waals surface area contributed by atoms with Crippen LogP contribution in [0.4, 0.5) is 0 Å². The van der Waals surface area contributed by atoms with E-state index in [2.05, 4.69) is 5.32 Å². The smallest absolute Gasteiger partial charge is 0.258 e. The number of amides is 1. The molecular weight excluding hydrogens is 242 g/mol. The first-order chi connectivity index (χ1) is 9.16. The summed E-state index contributed by atoms with van der Waals surface area (Å²) in [6.45, 7) is 5.49. The number of hydrogen-bond donors (Lipinski definition) is 1. The van der Waals surface area contributed by atoms with Crippen molar-refractivity contribution in [2.45, 2.75) is 32.7 Å². The molecule has 1 aliphatic rings. The third kappa shape index (κ3) is 3.96. The van der Waals surface area contributed by atoms with Crippen LogP contribution < -0.4 is 10.1 Å². The van der Waals surface area contributed by atoms with Gasteiger partial charge in [-0.2, -0.15) is 0 Å². The molecule has 0 bridgehead atoms. The van der Waals surface area contributed by atoms with Crippen LogP contribution in [0.3, 0.4) is 0 Å². The number of ether oxygens (including phenoxy) is 2. The molecule has 4 heteroatoms. The molecule has 1 saturated heterocycles. The lowest BCUT2D eigenvalue weighted by atomic mass is 10.1. The number of hydrogen-bond acceptors (Lipinski definition) is 3. The zero-order valence-corrected chi connectivity index (χ0v) is 11.6. The largest absolute Gasteiger partial charge is 0.483 e. The van der Waals surface area contributed by atoms with Crippen molar-refractivity contribution < 1.29 is 14.3 Å². The predicted octanol–water partition coefficient (Wildman–Crippen LogP) is 1.98. The Bertz CT molecular complexity index is 419. The first kappa shape index (κ1) is 13.9. The van der Waals surface area contributed by atoms with Gasteiger partial charge in [0, 0.05) is 19.3 Å². The highest BCUT2D eigenvalue weighted by molar-refractivity contribution is 5.77. The summed E-state index contributed by atoms with van der Waals surface area (Å²) in [5.41, 5.74) is 2.11. The summed E-state index contributed by atoms with van der Waals surface area (Å²) in [5, 5.41) is 2.98. The van der Waals surface area contributed by atoms with Gasteiger partial charge in [0.15, 0.2) is 6.61 Å². The van der Waals surface area contributed by atoms with Crippen LogP contribution in [0.1, 0.15) is 24.0 Å². The fourth-order valence-electron chi connectivity index (χ4n) is 2.28. The summed E-state index contributed by atoms with van der Waals surface area (Å²) in [6.07, 6.45) is 1.77. The van der Waals surface area contributed by atoms with Crippen LogP contribution in [-0.4, -0.2) is 31.8 Å². The molecule has 19 heavy (non-hydrogen) atoms. The molecule has 0 spiro atoms. The van der Waals surface area contributed by atoms with Crippen LogP contribution >= 0.6 is 0 Å². The first-order valence-electron chi connectivity index (χ1n) is 6.73. The Labute approximate surface area is 114 Å². The third-order valence-corrected chi connectivity index (χ3v) is 3.34. The molecule has 1 aromatic carbocycles. The summed E-state index contributed by atoms with van der Waals surface area (Å²) in [6, 6.07) is 6.18. The number of rotatable bonds is 4. The Kier molecular flexibility index (Phi) is 4.80. The normalized spacial score (nSPS) is 16.1. The predicted molar refractivity (Wildman–Crippen MR) is 73.4 cm³/mol. The lowest BCUT2D eigenvalue weighted by molar-refractivity contribution is -0.124. The maximum absolute atomic E-state index is 11.8. The lowest BCUT2D eigenvalue weighted by Gasteiger charge is -2.23. The highest BCUT2D eigenvalue weighted by atomic mass is 16.5. The fourth-order valence-corrected chi connectivity index (χ4v) is 2.28. The lowest BCUT2D eigenvalue weighted by Crippen LogP contribution is -2.41. The highest BCUT2D eigenvalue weighted by Crippen LogP contribution is 2.22. The topological polar surface area (TPSA) is 47.6 Å². The molecule has 0 radical (unpaired) electrons. The summed E-state index contributed by atoms with van der Waals surface area (Å²) in [5.74, 6) is 0.749. The van der Waals surface area contributed by atoms with E-state index in [-0.39, 0.29) is 18.6 Å². The number of benzene rings is 1. The molecule has 0 aromatic heterocycles. The van der Waals surface area contributed by atoms with Crippen LogP contribution in [0, 0.1) is 13.8 Å². The van der Waals surface area contributed by atoms with Gasteiger partial charge in [0.2, 0.25) is 0 Å². The third-order valence-electron chi connectivity index (χ3n) is 3.34. The molecule has 0 saturated carbocycles. The van der Waals surface area contributed by atoms with Crippen molar-refractivity contribution in [3.05, 3.63) is 29.3 Å². The molecular formula is C15H21NO3. The Morgan fingerprint density at radius 2 is 1.95 bits per heavy atom. The van der Waals surface area contributed by atoms with Crippen LogP contribution in [0.5, 0.6) is 5.75 Å². The van der Waals surface area contributed by atoms with E-state index < -0.39 is 0 Å². The van der Waals surface area contributed by atoms with Crippen molar-refractivity contribution in [1.82, 2.24) is 5.32 Å². The molecule has 104 valence electrons. The average molecular weight is 263 g/mol. The van der Waals surface area contributed by atoms with Gasteiger partial charge in [0.05, 0.1) is 0 Å². The second-order valence-electron chi connectivity index (χ2n) is 4.96. The second kappa shape index (κ2) is 6.57. The summed E-state index contributed by atoms with van der Waals surface area (Å²) >= 11 is 0. The van der Waals surface area contributed by atoms with Crippen LogP contribution in [0.25, 0.3) is 0 Å². The second-order valence-corrected chi connectivity index (χ2v) is 4.96. The maximum atomic E-state index is 11.8. The fraction of sp³-hybridized carbons (Fsp3) is 0.533. The SMILES string of the molecule is Cc1cccc(C)c1OCC(=O)NC1CCOCC1. The van der Waals surface area contributed by atoms with Gasteiger partial charge in [0.1, 0.15) is 5.75 Å². The number of carbonyl (C=O) groups is 1. The Hall–Kier alpha value is -1.55. The van der Waals surface area contributed by atoms with Gasteiger partial charge in [-0.15, -0.1) is 0 Å². The molecule has 4 nitrogen and oxygen atoms in total. The zero-order valence-electron chi connectivity index (χ0n) is 11.6. The number of aryl methyl sites for hydroxylation is 2. The van der Waals surface area contributed by atoms with Gasteiger partial charge in [-0.1, -0.05) is 18.2 Å². The van der Waals surface area contributed by atoms with Gasteiger partial charge in [-0.3, -0.25) is 4.79 Å². The van der Waals surface area contributed by atoms with Gasteiger partial charge in [-0.05, 0) is 37.8 Å². The van der Waals surface area contributed by atoms with Crippen LogP contribution in [0.15, 0.2) is 18.2 Å². The van der Waals surface area contributed by atoms with E-state index in [9.17, 15) is 4.79 Å². The van der Waals surface area contributed by atoms with E-state index in [0.717, 1.165) is 42.9 Å². The van der Waals surface area contributed by atoms with Crippen LogP contribution in [0.2, 0.25) is 0 Å².